The number of hydrogen-bond donors (Lipinski definition) is 1. The molecule has 1 aromatic carbocycles. The van der Waals surface area contributed by atoms with Crippen molar-refractivity contribution in [1.82, 2.24) is 4.90 Å². The van der Waals surface area contributed by atoms with Gasteiger partial charge >= 0.3 is 5.97 Å². The van der Waals surface area contributed by atoms with Gasteiger partial charge in [0.05, 0.1) is 4.91 Å². The molecule has 1 atom stereocenters. The Balaban J connectivity index is 1.99. The van der Waals surface area contributed by atoms with Crippen LogP contribution in [-0.2, 0) is 9.59 Å². The van der Waals surface area contributed by atoms with E-state index in [1.54, 1.807) is 0 Å². The topological polar surface area (TPSA) is 60.9 Å². The standard InChI is InChI=1S/C20H24N2O3S2/c1-11-6-15-14(12(2)9-20(3,4)21(15)5)7-13(11)8-16-18(25)22(10-17(23)24)19(26)27-16/h6-8,12H,9-10H2,1-5H3,(H,23,24)/b16-8+. The number of anilines is 1. The maximum absolute atomic E-state index is 12.5. The second-order valence-electron chi connectivity index (χ2n) is 7.91. The number of rotatable bonds is 3. The Morgan fingerprint density at radius 1 is 1.44 bits per heavy atom. The lowest BCUT2D eigenvalue weighted by atomic mass is 9.79. The van der Waals surface area contributed by atoms with Gasteiger partial charge in [-0.1, -0.05) is 30.9 Å². The van der Waals surface area contributed by atoms with Gasteiger partial charge in [0, 0.05) is 18.3 Å². The number of thioether (sulfide) groups is 1. The summed E-state index contributed by atoms with van der Waals surface area (Å²) in [5.74, 6) is -0.992. The van der Waals surface area contributed by atoms with E-state index in [0.29, 0.717) is 15.1 Å². The zero-order valence-electron chi connectivity index (χ0n) is 16.2. The lowest BCUT2D eigenvalue weighted by Gasteiger charge is -2.45. The average Bonchev–Trinajstić information content (AvgIpc) is 2.81. The molecule has 2 aliphatic rings. The minimum atomic E-state index is -1.07. The first-order chi connectivity index (χ1) is 12.5. The van der Waals surface area contributed by atoms with E-state index in [2.05, 4.69) is 44.9 Å². The van der Waals surface area contributed by atoms with Gasteiger partial charge in [-0.2, -0.15) is 0 Å². The van der Waals surface area contributed by atoms with Gasteiger partial charge in [0.1, 0.15) is 10.9 Å². The summed E-state index contributed by atoms with van der Waals surface area (Å²) in [7, 11) is 2.13. The third kappa shape index (κ3) is 3.62. The highest BCUT2D eigenvalue weighted by Gasteiger charge is 2.35. The molecule has 0 radical (unpaired) electrons. The first-order valence-electron chi connectivity index (χ1n) is 8.87. The highest BCUT2D eigenvalue weighted by atomic mass is 32.2. The summed E-state index contributed by atoms with van der Waals surface area (Å²) in [5.41, 5.74) is 4.65. The minimum Gasteiger partial charge on any atom is -0.480 e. The summed E-state index contributed by atoms with van der Waals surface area (Å²) in [6.45, 7) is 8.37. The highest BCUT2D eigenvalue weighted by molar-refractivity contribution is 8.26. The van der Waals surface area contributed by atoms with E-state index in [9.17, 15) is 9.59 Å². The third-order valence-electron chi connectivity index (χ3n) is 5.47. The average molecular weight is 405 g/mol. The molecule has 27 heavy (non-hydrogen) atoms. The molecule has 0 aromatic heterocycles. The monoisotopic (exact) mass is 404 g/mol. The zero-order chi connectivity index (χ0) is 20.1. The van der Waals surface area contributed by atoms with Crippen LogP contribution in [0.1, 0.15) is 49.8 Å². The summed E-state index contributed by atoms with van der Waals surface area (Å²) in [4.78, 5) is 27.4. The molecule has 0 saturated carbocycles. The van der Waals surface area contributed by atoms with Crippen LogP contribution < -0.4 is 4.90 Å². The summed E-state index contributed by atoms with van der Waals surface area (Å²) in [6.07, 6.45) is 2.89. The summed E-state index contributed by atoms with van der Waals surface area (Å²) in [6, 6.07) is 4.33. The smallest absolute Gasteiger partial charge is 0.323 e. The van der Waals surface area contributed by atoms with Gasteiger partial charge in [-0.25, -0.2) is 0 Å². The van der Waals surface area contributed by atoms with Crippen molar-refractivity contribution in [3.63, 3.8) is 0 Å². The molecular formula is C20H24N2O3S2. The SMILES string of the molecule is Cc1cc2c(cc1/C=C1/SC(=S)N(CC(=O)O)C1=O)C(C)CC(C)(C)N2C. The molecular weight excluding hydrogens is 380 g/mol. The molecule has 0 aliphatic carbocycles. The number of nitrogens with zero attached hydrogens (tertiary/aromatic N) is 2. The summed E-state index contributed by atoms with van der Waals surface area (Å²) >= 11 is 6.34. The molecule has 2 heterocycles. The molecule has 5 nitrogen and oxygen atoms in total. The van der Waals surface area contributed by atoms with Crippen LogP contribution in [0.25, 0.3) is 6.08 Å². The van der Waals surface area contributed by atoms with E-state index < -0.39 is 12.5 Å². The molecule has 7 heteroatoms. The number of carboxylic acid groups (broad SMARTS) is 1. The van der Waals surface area contributed by atoms with Crippen LogP contribution in [0.15, 0.2) is 17.0 Å². The fourth-order valence-electron chi connectivity index (χ4n) is 3.80. The van der Waals surface area contributed by atoms with Crippen LogP contribution in [0.2, 0.25) is 0 Å². The van der Waals surface area contributed by atoms with Gasteiger partial charge in [0.15, 0.2) is 0 Å². The molecule has 3 rings (SSSR count). The number of carbonyl (C=O) groups excluding carboxylic acids is 1. The molecule has 1 fully saturated rings. The molecule has 1 aromatic rings. The Bertz CT molecular complexity index is 876. The van der Waals surface area contributed by atoms with E-state index in [0.717, 1.165) is 34.2 Å². The van der Waals surface area contributed by atoms with Crippen molar-refractivity contribution in [2.75, 3.05) is 18.5 Å². The molecule has 1 saturated heterocycles. The molecule has 144 valence electrons. The van der Waals surface area contributed by atoms with Gasteiger partial charge in [-0.05, 0) is 68.0 Å². The van der Waals surface area contributed by atoms with Crippen LogP contribution in [0.3, 0.4) is 0 Å². The van der Waals surface area contributed by atoms with Gasteiger partial charge < -0.3 is 10.0 Å². The van der Waals surface area contributed by atoms with Gasteiger partial charge in [0.25, 0.3) is 5.91 Å². The molecule has 0 spiro atoms. The number of fused-ring (bicyclic) bond motifs is 1. The van der Waals surface area contributed by atoms with Crippen molar-refractivity contribution in [3.05, 3.63) is 33.7 Å². The predicted molar refractivity (Wildman–Crippen MR) is 114 cm³/mol. The van der Waals surface area contributed by atoms with E-state index >= 15 is 0 Å². The van der Waals surface area contributed by atoms with E-state index in [1.165, 1.54) is 11.3 Å². The van der Waals surface area contributed by atoms with E-state index in [4.69, 9.17) is 17.3 Å². The number of hydrogen-bond acceptors (Lipinski definition) is 5. The Labute approximate surface area is 169 Å². The van der Waals surface area contributed by atoms with E-state index in [-0.39, 0.29) is 11.4 Å². The van der Waals surface area contributed by atoms with Crippen molar-refractivity contribution >= 4 is 51.9 Å². The molecule has 2 aliphatic heterocycles. The molecule has 1 unspecified atom stereocenters. The van der Waals surface area contributed by atoms with Crippen molar-refractivity contribution in [2.24, 2.45) is 0 Å². The highest BCUT2D eigenvalue weighted by Crippen LogP contribution is 2.44. The number of aryl methyl sites for hydroxylation is 1. The number of thiocarbonyl (C=S) groups is 1. The lowest BCUT2D eigenvalue weighted by Crippen LogP contribution is -2.45. The van der Waals surface area contributed by atoms with E-state index in [1.807, 2.05) is 13.0 Å². The first-order valence-corrected chi connectivity index (χ1v) is 10.1. The fourth-order valence-corrected chi connectivity index (χ4v) is 5.05. The first kappa shape index (κ1) is 19.9. The fraction of sp³-hybridized carbons (Fsp3) is 0.450. The minimum absolute atomic E-state index is 0.0969. The van der Waals surface area contributed by atoms with Crippen LogP contribution in [0, 0.1) is 6.92 Å². The quantitative estimate of drug-likeness (QED) is 0.607. The second-order valence-corrected chi connectivity index (χ2v) is 9.58. The Hall–Kier alpha value is -1.86. The third-order valence-corrected chi connectivity index (χ3v) is 6.85. The number of amides is 1. The Morgan fingerprint density at radius 3 is 2.74 bits per heavy atom. The van der Waals surface area contributed by atoms with Crippen molar-refractivity contribution < 1.29 is 14.7 Å². The van der Waals surface area contributed by atoms with Crippen LogP contribution in [0.4, 0.5) is 5.69 Å². The largest absolute Gasteiger partial charge is 0.480 e. The van der Waals surface area contributed by atoms with Crippen molar-refractivity contribution in [2.45, 2.75) is 45.6 Å². The number of carbonyl (C=O) groups is 2. The zero-order valence-corrected chi connectivity index (χ0v) is 17.8. The predicted octanol–water partition coefficient (Wildman–Crippen LogP) is 4.00. The number of aliphatic carboxylic acids is 1. The molecule has 0 bridgehead atoms. The van der Waals surface area contributed by atoms with Gasteiger partial charge in [0.2, 0.25) is 0 Å². The van der Waals surface area contributed by atoms with Crippen LogP contribution in [0.5, 0.6) is 0 Å². The maximum atomic E-state index is 12.5. The Morgan fingerprint density at radius 2 is 2.11 bits per heavy atom. The van der Waals surface area contributed by atoms with Crippen LogP contribution >= 0.6 is 24.0 Å². The van der Waals surface area contributed by atoms with Gasteiger partial charge in [-0.3, -0.25) is 14.5 Å². The normalized spacial score (nSPS) is 23.1. The lowest BCUT2D eigenvalue weighted by molar-refractivity contribution is -0.140. The van der Waals surface area contributed by atoms with Crippen LogP contribution in [-0.4, -0.2) is 45.3 Å². The van der Waals surface area contributed by atoms with Gasteiger partial charge in [-0.15, -0.1) is 0 Å². The summed E-state index contributed by atoms with van der Waals surface area (Å²) < 4.78 is 0.291. The second kappa shape index (κ2) is 6.95. The number of benzene rings is 1. The number of carboxylic acids is 1. The van der Waals surface area contributed by atoms with Crippen molar-refractivity contribution in [3.8, 4) is 0 Å². The molecule has 1 N–H and O–H groups in total. The van der Waals surface area contributed by atoms with Crippen molar-refractivity contribution in [1.29, 1.82) is 0 Å². The Kier molecular flexibility index (Phi) is 5.12. The maximum Gasteiger partial charge on any atom is 0.323 e. The summed E-state index contributed by atoms with van der Waals surface area (Å²) in [5, 5.41) is 8.97. The molecule has 1 amide bonds.